The Morgan fingerprint density at radius 1 is 1.05 bits per heavy atom. The molecule has 0 spiro atoms. The number of amides is 2. The van der Waals surface area contributed by atoms with Crippen LogP contribution in [-0.2, 0) is 4.79 Å². The number of halogens is 1. The number of ether oxygens (including phenoxy) is 1. The number of rotatable bonds is 7. The molecule has 39 heavy (non-hydrogen) atoms. The quantitative estimate of drug-likeness (QED) is 0.297. The van der Waals surface area contributed by atoms with Crippen LogP contribution >= 0.6 is 0 Å². The number of aryl methyl sites for hydroxylation is 1. The maximum absolute atomic E-state index is 14.8. The lowest BCUT2D eigenvalue weighted by Crippen LogP contribution is -2.24. The van der Waals surface area contributed by atoms with Crippen LogP contribution in [0, 0.1) is 12.7 Å². The van der Waals surface area contributed by atoms with Gasteiger partial charge >= 0.3 is 6.09 Å². The van der Waals surface area contributed by atoms with Crippen LogP contribution in [0.1, 0.15) is 18.4 Å². The van der Waals surface area contributed by atoms with E-state index in [9.17, 15) is 14.0 Å². The molecule has 5 rings (SSSR count). The van der Waals surface area contributed by atoms with Gasteiger partial charge in [0.1, 0.15) is 5.75 Å². The summed E-state index contributed by atoms with van der Waals surface area (Å²) >= 11 is 0. The highest BCUT2D eigenvalue weighted by Crippen LogP contribution is 2.30. The van der Waals surface area contributed by atoms with Gasteiger partial charge in [-0.05, 0) is 67.4 Å². The van der Waals surface area contributed by atoms with Crippen molar-refractivity contribution >= 4 is 46.5 Å². The van der Waals surface area contributed by atoms with Crippen molar-refractivity contribution in [2.24, 2.45) is 0 Å². The Morgan fingerprint density at radius 3 is 2.51 bits per heavy atom. The molecule has 3 aromatic carbocycles. The van der Waals surface area contributed by atoms with E-state index in [1.165, 1.54) is 0 Å². The molecule has 0 bridgehead atoms. The molecule has 198 valence electrons. The SMILES string of the molecule is Cc1ccc(Nc2ncc(F)c(N(C)c3ccc(NC(=O)Oc4ccccc4)cc3)n2)cc1N1CCCC1=O. The average Bonchev–Trinajstić information content (AvgIpc) is 3.37. The summed E-state index contributed by atoms with van der Waals surface area (Å²) in [5.41, 5.74) is 3.68. The fourth-order valence-corrected chi connectivity index (χ4v) is 4.29. The smallest absolute Gasteiger partial charge is 0.410 e. The Balaban J connectivity index is 1.28. The van der Waals surface area contributed by atoms with E-state index in [2.05, 4.69) is 20.6 Å². The predicted octanol–water partition coefficient (Wildman–Crippen LogP) is 6.17. The summed E-state index contributed by atoms with van der Waals surface area (Å²) in [6.07, 6.45) is 1.87. The lowest BCUT2D eigenvalue weighted by atomic mass is 10.1. The molecule has 0 saturated carbocycles. The van der Waals surface area contributed by atoms with Crippen LogP contribution in [0.3, 0.4) is 0 Å². The number of hydrogen-bond donors (Lipinski definition) is 2. The summed E-state index contributed by atoms with van der Waals surface area (Å²) in [7, 11) is 1.68. The number of anilines is 6. The molecular weight excluding hydrogens is 499 g/mol. The van der Waals surface area contributed by atoms with Crippen molar-refractivity contribution in [3.8, 4) is 5.75 Å². The molecule has 0 atom stereocenters. The second kappa shape index (κ2) is 11.2. The van der Waals surface area contributed by atoms with Gasteiger partial charge in [0, 0.05) is 42.8 Å². The van der Waals surface area contributed by atoms with Gasteiger partial charge in [-0.1, -0.05) is 24.3 Å². The maximum atomic E-state index is 14.8. The van der Waals surface area contributed by atoms with Gasteiger partial charge < -0.3 is 19.9 Å². The maximum Gasteiger partial charge on any atom is 0.417 e. The second-order valence-electron chi connectivity index (χ2n) is 9.07. The van der Waals surface area contributed by atoms with Crippen molar-refractivity contribution in [3.05, 3.63) is 90.4 Å². The molecule has 9 nitrogen and oxygen atoms in total. The highest BCUT2D eigenvalue weighted by Gasteiger charge is 2.23. The number of hydrogen-bond acceptors (Lipinski definition) is 7. The molecule has 2 heterocycles. The molecule has 10 heteroatoms. The molecule has 1 saturated heterocycles. The third-order valence-corrected chi connectivity index (χ3v) is 6.33. The number of benzene rings is 3. The second-order valence-corrected chi connectivity index (χ2v) is 9.07. The molecule has 4 aromatic rings. The molecule has 2 amide bonds. The summed E-state index contributed by atoms with van der Waals surface area (Å²) < 4.78 is 20.0. The highest BCUT2D eigenvalue weighted by atomic mass is 19.1. The van der Waals surface area contributed by atoms with Crippen LogP contribution in [0.2, 0.25) is 0 Å². The summed E-state index contributed by atoms with van der Waals surface area (Å²) in [5, 5.41) is 5.78. The number of para-hydroxylation sites is 1. The van der Waals surface area contributed by atoms with Crippen LogP contribution in [0.5, 0.6) is 5.75 Å². The molecule has 1 aliphatic rings. The zero-order valence-electron chi connectivity index (χ0n) is 21.5. The van der Waals surface area contributed by atoms with Gasteiger partial charge in [-0.15, -0.1) is 0 Å². The van der Waals surface area contributed by atoms with E-state index in [0.29, 0.717) is 35.8 Å². The first-order chi connectivity index (χ1) is 18.9. The molecule has 1 fully saturated rings. The Hall–Kier alpha value is -4.99. The molecule has 2 N–H and O–H groups in total. The van der Waals surface area contributed by atoms with Crippen LogP contribution in [-0.4, -0.2) is 35.6 Å². The van der Waals surface area contributed by atoms with E-state index in [1.807, 2.05) is 31.2 Å². The van der Waals surface area contributed by atoms with Crippen molar-refractivity contribution in [1.29, 1.82) is 0 Å². The summed E-state index contributed by atoms with van der Waals surface area (Å²) in [5.74, 6) is 0.221. The van der Waals surface area contributed by atoms with Gasteiger partial charge in [0.15, 0.2) is 11.6 Å². The Bertz CT molecular complexity index is 1500. The van der Waals surface area contributed by atoms with Gasteiger partial charge in [-0.2, -0.15) is 4.98 Å². The summed E-state index contributed by atoms with van der Waals surface area (Å²) in [6, 6.07) is 21.2. The molecular formula is C29H27FN6O3. The third-order valence-electron chi connectivity index (χ3n) is 6.33. The standard InChI is InChI=1S/C29H27FN6O3/c1-19-10-11-21(17-25(19)36-16-6-9-26(36)37)32-28-31-18-24(30)27(34-28)35(2)22-14-12-20(13-15-22)33-29(38)39-23-7-4-3-5-8-23/h3-5,7-8,10-15,17-18H,6,9,16H2,1-2H3,(H,33,38)(H,31,32,34). The number of aromatic nitrogens is 2. The van der Waals surface area contributed by atoms with Crippen molar-refractivity contribution < 1.29 is 18.7 Å². The molecule has 0 radical (unpaired) electrons. The van der Waals surface area contributed by atoms with Crippen molar-refractivity contribution in [2.75, 3.05) is 34.0 Å². The third kappa shape index (κ3) is 5.96. The highest BCUT2D eigenvalue weighted by molar-refractivity contribution is 5.96. The largest absolute Gasteiger partial charge is 0.417 e. The normalized spacial score (nSPS) is 12.8. The Kier molecular flexibility index (Phi) is 7.35. The molecule has 0 unspecified atom stereocenters. The number of carbonyl (C=O) groups is 2. The Morgan fingerprint density at radius 2 is 1.79 bits per heavy atom. The first-order valence-electron chi connectivity index (χ1n) is 12.5. The van der Waals surface area contributed by atoms with Gasteiger partial charge in [0.25, 0.3) is 0 Å². The number of nitrogens with zero attached hydrogens (tertiary/aromatic N) is 4. The van der Waals surface area contributed by atoms with E-state index in [-0.39, 0.29) is 17.7 Å². The van der Waals surface area contributed by atoms with Crippen LogP contribution < -0.4 is 25.2 Å². The van der Waals surface area contributed by atoms with E-state index >= 15 is 0 Å². The minimum atomic E-state index is -0.617. The fourth-order valence-electron chi connectivity index (χ4n) is 4.29. The monoisotopic (exact) mass is 526 g/mol. The topological polar surface area (TPSA) is 99.7 Å². The van der Waals surface area contributed by atoms with Gasteiger partial charge in [0.05, 0.1) is 6.20 Å². The van der Waals surface area contributed by atoms with Crippen molar-refractivity contribution in [3.63, 3.8) is 0 Å². The van der Waals surface area contributed by atoms with Gasteiger partial charge in [-0.25, -0.2) is 14.2 Å². The predicted molar refractivity (Wildman–Crippen MR) is 149 cm³/mol. The van der Waals surface area contributed by atoms with E-state index in [1.54, 1.807) is 65.4 Å². The Labute approximate surface area is 225 Å². The van der Waals surface area contributed by atoms with Gasteiger partial charge in [-0.3, -0.25) is 10.1 Å². The lowest BCUT2D eigenvalue weighted by Gasteiger charge is -2.21. The fraction of sp³-hybridized carbons (Fsp3) is 0.172. The van der Waals surface area contributed by atoms with E-state index < -0.39 is 11.9 Å². The number of carbonyl (C=O) groups excluding carboxylic acids is 2. The minimum absolute atomic E-state index is 0.0683. The van der Waals surface area contributed by atoms with E-state index in [0.717, 1.165) is 23.9 Å². The minimum Gasteiger partial charge on any atom is -0.410 e. The molecule has 1 aliphatic heterocycles. The van der Waals surface area contributed by atoms with Crippen LogP contribution in [0.25, 0.3) is 0 Å². The zero-order valence-corrected chi connectivity index (χ0v) is 21.5. The van der Waals surface area contributed by atoms with Gasteiger partial charge in [0.2, 0.25) is 11.9 Å². The zero-order chi connectivity index (χ0) is 27.4. The van der Waals surface area contributed by atoms with Crippen LogP contribution in [0.15, 0.2) is 79.0 Å². The summed E-state index contributed by atoms with van der Waals surface area (Å²) in [6.45, 7) is 2.65. The average molecular weight is 527 g/mol. The van der Waals surface area contributed by atoms with Crippen molar-refractivity contribution in [2.45, 2.75) is 19.8 Å². The number of nitrogens with one attached hydrogen (secondary N) is 2. The van der Waals surface area contributed by atoms with E-state index in [4.69, 9.17) is 4.74 Å². The van der Waals surface area contributed by atoms with Crippen molar-refractivity contribution in [1.82, 2.24) is 9.97 Å². The first kappa shape index (κ1) is 25.7. The molecule has 1 aromatic heterocycles. The van der Waals surface area contributed by atoms with Crippen LogP contribution in [0.4, 0.5) is 43.7 Å². The molecule has 0 aliphatic carbocycles. The lowest BCUT2D eigenvalue weighted by molar-refractivity contribution is -0.117. The first-order valence-corrected chi connectivity index (χ1v) is 12.5. The summed E-state index contributed by atoms with van der Waals surface area (Å²) in [4.78, 5) is 36.2.